The van der Waals surface area contributed by atoms with Gasteiger partial charge in [-0.15, -0.1) is 0 Å². The Kier molecular flexibility index (Phi) is 8.02. The van der Waals surface area contributed by atoms with E-state index in [1.807, 2.05) is 104 Å². The molecule has 206 valence electrons. The van der Waals surface area contributed by atoms with E-state index in [9.17, 15) is 9.59 Å². The normalized spacial score (nSPS) is 13.9. The number of Topliss-reactive ketones (excluding diaryl/α,β-unsaturated/α-hetero) is 1. The summed E-state index contributed by atoms with van der Waals surface area (Å²) in [5.41, 5.74) is 5.13. The van der Waals surface area contributed by atoms with Crippen molar-refractivity contribution in [1.82, 2.24) is 0 Å². The molecule has 0 heterocycles. The van der Waals surface area contributed by atoms with Crippen molar-refractivity contribution in [3.63, 3.8) is 0 Å². The second-order valence-electron chi connectivity index (χ2n) is 12.4. The molecule has 0 fully saturated rings. The Morgan fingerprint density at radius 3 is 1.43 bits per heavy atom. The zero-order chi connectivity index (χ0) is 29.2. The lowest BCUT2D eigenvalue weighted by Crippen LogP contribution is -2.38. The number of carbonyl (C=O) groups excluding carboxylic acids is 2. The number of para-hydroxylation sites is 2. The third kappa shape index (κ3) is 6.02. The topological polar surface area (TPSA) is 40.6 Å². The summed E-state index contributed by atoms with van der Waals surface area (Å²) in [5.74, 6) is 0.597. The highest BCUT2D eigenvalue weighted by Gasteiger charge is 2.37. The smallest absolute Gasteiger partial charge is 0.229 e. The number of rotatable bonds is 5. The fourth-order valence-corrected chi connectivity index (χ4v) is 4.93. The Balaban J connectivity index is 2.19. The van der Waals surface area contributed by atoms with Gasteiger partial charge >= 0.3 is 0 Å². The summed E-state index contributed by atoms with van der Waals surface area (Å²) in [6.45, 7) is 16.0. The van der Waals surface area contributed by atoms with Crippen LogP contribution in [0.3, 0.4) is 0 Å². The van der Waals surface area contributed by atoms with Gasteiger partial charge in [-0.1, -0.05) is 95.6 Å². The number of aryl methyl sites for hydroxylation is 1. The first kappa shape index (κ1) is 28.8. The number of ketones is 1. The van der Waals surface area contributed by atoms with Crippen LogP contribution in [-0.2, 0) is 9.59 Å². The van der Waals surface area contributed by atoms with Crippen molar-refractivity contribution in [3.05, 3.63) is 125 Å². The third-order valence-electron chi connectivity index (χ3n) is 7.02. The molecule has 1 amide bonds. The molecule has 4 heteroatoms. The van der Waals surface area contributed by atoms with Crippen LogP contribution in [0.1, 0.15) is 54.0 Å². The summed E-state index contributed by atoms with van der Waals surface area (Å²) in [6, 6.07) is 28.1. The molecular weight excluding hydrogens is 492 g/mol. The number of amides is 1. The van der Waals surface area contributed by atoms with Gasteiger partial charge in [0.1, 0.15) is 5.82 Å². The van der Waals surface area contributed by atoms with Crippen molar-refractivity contribution >= 4 is 28.8 Å². The third-order valence-corrected chi connectivity index (χ3v) is 7.02. The van der Waals surface area contributed by atoms with E-state index in [0.29, 0.717) is 5.82 Å². The molecule has 0 spiro atoms. The van der Waals surface area contributed by atoms with Crippen molar-refractivity contribution in [1.29, 1.82) is 0 Å². The zero-order valence-electron chi connectivity index (χ0n) is 24.9. The number of hydrogen-bond acceptors (Lipinski definition) is 3. The molecule has 3 aromatic carbocycles. The SMILES string of the molecule is CC(=O)N(C(=C1C=C(C(C)(C)C)C(=O)C(C(C)(C)C)=C1)N(c1ccccc1)c1ccccc1)c1ccc(C)cc1. The number of hydrogen-bond donors (Lipinski definition) is 0. The van der Waals surface area contributed by atoms with Crippen LogP contribution in [0.15, 0.2) is 120 Å². The Bertz CT molecular complexity index is 1400. The second kappa shape index (κ2) is 11.1. The maximum atomic E-state index is 13.9. The van der Waals surface area contributed by atoms with Gasteiger partial charge in [0.15, 0.2) is 5.78 Å². The summed E-state index contributed by atoms with van der Waals surface area (Å²) in [4.78, 5) is 31.4. The Morgan fingerprint density at radius 1 is 0.625 bits per heavy atom. The molecular formula is C36H40N2O2. The predicted octanol–water partition coefficient (Wildman–Crippen LogP) is 8.93. The van der Waals surface area contributed by atoms with E-state index in [1.165, 1.54) is 0 Å². The molecule has 3 aromatic rings. The Morgan fingerprint density at radius 2 is 1.05 bits per heavy atom. The maximum absolute atomic E-state index is 13.9. The van der Waals surface area contributed by atoms with Crippen LogP contribution in [0.25, 0.3) is 0 Å². The van der Waals surface area contributed by atoms with Crippen LogP contribution in [0, 0.1) is 17.8 Å². The van der Waals surface area contributed by atoms with E-state index < -0.39 is 10.8 Å². The van der Waals surface area contributed by atoms with Gasteiger partial charge in [0.2, 0.25) is 5.91 Å². The molecule has 0 N–H and O–H groups in total. The molecule has 0 saturated carbocycles. The largest absolute Gasteiger partial charge is 0.296 e. The number of allylic oxidation sites excluding steroid dienone is 5. The summed E-state index contributed by atoms with van der Waals surface area (Å²) in [7, 11) is 0. The highest BCUT2D eigenvalue weighted by Crippen LogP contribution is 2.42. The molecule has 0 saturated heterocycles. The second-order valence-corrected chi connectivity index (χ2v) is 12.4. The molecule has 1 aliphatic carbocycles. The zero-order valence-corrected chi connectivity index (χ0v) is 24.9. The van der Waals surface area contributed by atoms with Gasteiger partial charge in [-0.3, -0.25) is 19.4 Å². The molecule has 0 atom stereocenters. The van der Waals surface area contributed by atoms with Crippen LogP contribution in [0.5, 0.6) is 0 Å². The van der Waals surface area contributed by atoms with Crippen LogP contribution < -0.4 is 9.80 Å². The summed E-state index contributed by atoms with van der Waals surface area (Å²) in [5, 5.41) is 0. The van der Waals surface area contributed by atoms with Crippen molar-refractivity contribution in [3.8, 4) is 0 Å². The lowest BCUT2D eigenvalue weighted by molar-refractivity contribution is -0.116. The molecule has 0 unspecified atom stereocenters. The number of nitrogens with zero attached hydrogens (tertiary/aromatic N) is 2. The molecule has 0 aromatic heterocycles. The van der Waals surface area contributed by atoms with Crippen molar-refractivity contribution in [2.75, 3.05) is 9.80 Å². The number of carbonyl (C=O) groups is 2. The first-order valence-corrected chi connectivity index (χ1v) is 13.8. The fourth-order valence-electron chi connectivity index (χ4n) is 4.93. The van der Waals surface area contributed by atoms with Crippen LogP contribution in [-0.4, -0.2) is 11.7 Å². The number of anilines is 3. The minimum Gasteiger partial charge on any atom is -0.296 e. The van der Waals surface area contributed by atoms with E-state index in [0.717, 1.165) is 39.3 Å². The molecule has 1 aliphatic rings. The van der Waals surface area contributed by atoms with E-state index in [1.54, 1.807) is 11.8 Å². The van der Waals surface area contributed by atoms with Gasteiger partial charge in [-0.25, -0.2) is 0 Å². The van der Waals surface area contributed by atoms with Crippen LogP contribution in [0.4, 0.5) is 17.1 Å². The van der Waals surface area contributed by atoms with Crippen molar-refractivity contribution < 1.29 is 9.59 Å². The quantitative estimate of drug-likeness (QED) is 0.329. The van der Waals surface area contributed by atoms with Crippen LogP contribution in [0.2, 0.25) is 0 Å². The first-order valence-electron chi connectivity index (χ1n) is 13.8. The minimum atomic E-state index is -0.395. The Hall–Kier alpha value is -4.18. The van der Waals surface area contributed by atoms with E-state index in [2.05, 4.69) is 46.4 Å². The van der Waals surface area contributed by atoms with Gasteiger partial charge < -0.3 is 0 Å². The standard InChI is InChI=1S/C36H40N2O2/c1-25-19-21-30(22-20-25)37(26(2)39)34(38(28-15-11-9-12-16-28)29-17-13-10-14-18-29)27-23-31(35(3,4)5)33(40)32(24-27)36(6,7)8/h9-24H,1-8H3. The average Bonchev–Trinajstić information content (AvgIpc) is 2.89. The molecule has 4 nitrogen and oxygen atoms in total. The molecule has 4 rings (SSSR count). The van der Waals surface area contributed by atoms with E-state index >= 15 is 0 Å². The molecule has 0 radical (unpaired) electrons. The van der Waals surface area contributed by atoms with Crippen molar-refractivity contribution in [2.45, 2.75) is 55.4 Å². The lowest BCUT2D eigenvalue weighted by Gasteiger charge is -2.38. The first-order chi connectivity index (χ1) is 18.8. The highest BCUT2D eigenvalue weighted by molar-refractivity contribution is 6.12. The summed E-state index contributed by atoms with van der Waals surface area (Å²) >= 11 is 0. The molecule has 0 bridgehead atoms. The monoisotopic (exact) mass is 532 g/mol. The van der Waals surface area contributed by atoms with Gasteiger partial charge in [0.05, 0.1) is 5.69 Å². The number of benzene rings is 3. The highest BCUT2D eigenvalue weighted by atomic mass is 16.2. The Labute approximate surface area is 239 Å². The summed E-state index contributed by atoms with van der Waals surface area (Å²) in [6.07, 6.45) is 3.96. The molecule has 0 aliphatic heterocycles. The van der Waals surface area contributed by atoms with Gasteiger partial charge in [-0.2, -0.15) is 0 Å². The summed E-state index contributed by atoms with van der Waals surface area (Å²) < 4.78 is 0. The van der Waals surface area contributed by atoms with Gasteiger partial charge in [0.25, 0.3) is 0 Å². The average molecular weight is 533 g/mol. The fraction of sp³-hybridized carbons (Fsp3) is 0.278. The lowest BCUT2D eigenvalue weighted by atomic mass is 9.72. The van der Waals surface area contributed by atoms with Crippen molar-refractivity contribution in [2.24, 2.45) is 10.8 Å². The van der Waals surface area contributed by atoms with E-state index in [4.69, 9.17) is 0 Å². The predicted molar refractivity (Wildman–Crippen MR) is 166 cm³/mol. The van der Waals surface area contributed by atoms with E-state index in [-0.39, 0.29) is 11.7 Å². The van der Waals surface area contributed by atoms with Gasteiger partial charge in [-0.05, 0) is 66.3 Å². The maximum Gasteiger partial charge on any atom is 0.229 e. The van der Waals surface area contributed by atoms with Crippen LogP contribution >= 0.6 is 0 Å². The minimum absolute atomic E-state index is 0.0544. The molecule has 40 heavy (non-hydrogen) atoms. The van der Waals surface area contributed by atoms with Gasteiger partial charge in [0, 0.05) is 35.0 Å².